The van der Waals surface area contributed by atoms with E-state index in [1.807, 2.05) is 13.0 Å². The van der Waals surface area contributed by atoms with E-state index >= 15 is 0 Å². The Hall–Kier alpha value is -4.11. The Labute approximate surface area is 205 Å². The van der Waals surface area contributed by atoms with Gasteiger partial charge in [-0.3, -0.25) is 4.79 Å². The van der Waals surface area contributed by atoms with E-state index in [1.54, 1.807) is 28.9 Å². The summed E-state index contributed by atoms with van der Waals surface area (Å²) in [5.74, 6) is -0.124. The Morgan fingerprint density at radius 1 is 1.26 bits per heavy atom. The zero-order chi connectivity index (χ0) is 24.8. The van der Waals surface area contributed by atoms with E-state index in [4.69, 9.17) is 32.8 Å². The minimum Gasteiger partial charge on any atom is -0.461 e. The number of aromatic nitrogens is 5. The first kappa shape index (κ1) is 24.0. The molecule has 12 heteroatoms. The third-order valence-electron chi connectivity index (χ3n) is 4.91. The van der Waals surface area contributed by atoms with Gasteiger partial charge >= 0.3 is 0 Å². The molecule has 3 heterocycles. The quantitative estimate of drug-likeness (QED) is 0.269. The summed E-state index contributed by atoms with van der Waals surface area (Å²) in [7, 11) is 0. The number of fused-ring (bicyclic) bond motifs is 1. The molecule has 178 valence electrons. The maximum atomic E-state index is 12.9. The van der Waals surface area contributed by atoms with E-state index in [2.05, 4.69) is 30.2 Å². The molecule has 4 aromatic rings. The van der Waals surface area contributed by atoms with Crippen molar-refractivity contribution in [2.45, 2.75) is 13.0 Å². The number of nitrogens with one attached hydrogen (secondary N) is 1. The molecular weight excluding hydrogens is 474 g/mol. The molecular formula is C23H20ClN7O4. The molecule has 4 rings (SSSR count). The molecule has 2 N–H and O–H groups in total. The molecule has 1 amide bonds. The second kappa shape index (κ2) is 10.9. The number of ether oxygens (including phenoxy) is 2. The predicted molar refractivity (Wildman–Crippen MR) is 128 cm³/mol. The number of pyridine rings is 1. The Kier molecular flexibility index (Phi) is 7.47. The summed E-state index contributed by atoms with van der Waals surface area (Å²) in [6, 6.07) is 8.42. The number of aliphatic hydroxyl groups excluding tert-OH is 1. The molecule has 3 aromatic heterocycles. The number of anilines is 1. The van der Waals surface area contributed by atoms with Crippen LogP contribution in [-0.4, -0.2) is 61.7 Å². The molecule has 0 fully saturated rings. The number of aliphatic hydroxyl groups is 1. The first-order valence-electron chi connectivity index (χ1n) is 10.4. The summed E-state index contributed by atoms with van der Waals surface area (Å²) in [6.45, 7) is 8.86. The summed E-state index contributed by atoms with van der Waals surface area (Å²) in [5, 5.41) is 17.0. The highest BCUT2D eigenvalue weighted by molar-refractivity contribution is 6.30. The first-order valence-corrected chi connectivity index (χ1v) is 10.8. The van der Waals surface area contributed by atoms with Crippen LogP contribution in [0.15, 0.2) is 49.1 Å². The zero-order valence-corrected chi connectivity index (χ0v) is 19.3. The van der Waals surface area contributed by atoms with Gasteiger partial charge in [0.25, 0.3) is 5.91 Å². The minimum absolute atomic E-state index is 0.0279. The highest BCUT2D eigenvalue weighted by Crippen LogP contribution is 2.27. The molecule has 11 nitrogen and oxygen atoms in total. The van der Waals surface area contributed by atoms with Crippen LogP contribution in [0.2, 0.25) is 5.02 Å². The van der Waals surface area contributed by atoms with Crippen LogP contribution in [0.4, 0.5) is 11.5 Å². The van der Waals surface area contributed by atoms with Crippen LogP contribution in [0.25, 0.3) is 21.6 Å². The van der Waals surface area contributed by atoms with Crippen molar-refractivity contribution in [3.63, 3.8) is 0 Å². The minimum atomic E-state index is -1.12. The number of hydrogen-bond acceptors (Lipinski definition) is 8. The van der Waals surface area contributed by atoms with Crippen molar-refractivity contribution in [2.75, 3.05) is 25.1 Å². The van der Waals surface area contributed by atoms with Gasteiger partial charge in [-0.2, -0.15) is 5.10 Å². The number of carbonyl (C=O) groups is 1. The van der Waals surface area contributed by atoms with Gasteiger partial charge in [0.05, 0.1) is 43.3 Å². The van der Waals surface area contributed by atoms with Gasteiger partial charge in [0, 0.05) is 6.20 Å². The number of carbonyl (C=O) groups excluding carboxylic acids is 1. The van der Waals surface area contributed by atoms with E-state index in [9.17, 15) is 4.79 Å². The van der Waals surface area contributed by atoms with Crippen molar-refractivity contribution in [1.82, 2.24) is 24.7 Å². The third-order valence-corrected chi connectivity index (χ3v) is 5.13. The predicted octanol–water partition coefficient (Wildman–Crippen LogP) is 3.12. The molecule has 0 spiro atoms. The van der Waals surface area contributed by atoms with Crippen molar-refractivity contribution >= 4 is 40.0 Å². The van der Waals surface area contributed by atoms with Crippen LogP contribution in [0.1, 0.15) is 5.56 Å². The van der Waals surface area contributed by atoms with Crippen molar-refractivity contribution in [1.29, 1.82) is 0 Å². The maximum absolute atomic E-state index is 12.9. The molecule has 0 aliphatic carbocycles. The smallest absolute Gasteiger partial charge is 0.269 e. The first-order chi connectivity index (χ1) is 17.0. The average molecular weight is 494 g/mol. The lowest BCUT2D eigenvalue weighted by atomic mass is 10.2. The van der Waals surface area contributed by atoms with E-state index in [-0.39, 0.29) is 31.5 Å². The number of halogens is 1. The van der Waals surface area contributed by atoms with Crippen molar-refractivity contribution < 1.29 is 19.4 Å². The van der Waals surface area contributed by atoms with Gasteiger partial charge in [-0.25, -0.2) is 24.5 Å². The molecule has 0 radical (unpaired) electrons. The average Bonchev–Trinajstić information content (AvgIpc) is 3.30. The summed E-state index contributed by atoms with van der Waals surface area (Å²) in [5.41, 5.74) is 2.49. The van der Waals surface area contributed by atoms with Gasteiger partial charge in [-0.1, -0.05) is 23.7 Å². The normalized spacial score (nSPS) is 11.7. The van der Waals surface area contributed by atoms with Crippen LogP contribution < -0.4 is 10.1 Å². The fourth-order valence-corrected chi connectivity index (χ4v) is 3.31. The second-order valence-electron chi connectivity index (χ2n) is 7.31. The SMILES string of the molecule is [C-]#[N+]c1ccc(C)c(-n2ncc3c(O[C@@H](COCCO)C(=O)Nc4ccc(Cl)cn4)ncnc32)c1. The van der Waals surface area contributed by atoms with Crippen LogP contribution >= 0.6 is 11.6 Å². The summed E-state index contributed by atoms with van der Waals surface area (Å²) in [6.07, 6.45) is 3.11. The molecule has 0 bridgehead atoms. The van der Waals surface area contributed by atoms with Gasteiger partial charge in [0.1, 0.15) is 17.5 Å². The Morgan fingerprint density at radius 2 is 2.11 bits per heavy atom. The fourth-order valence-electron chi connectivity index (χ4n) is 3.20. The summed E-state index contributed by atoms with van der Waals surface area (Å²) < 4.78 is 12.9. The maximum Gasteiger partial charge on any atom is 0.269 e. The highest BCUT2D eigenvalue weighted by Gasteiger charge is 2.24. The lowest BCUT2D eigenvalue weighted by Crippen LogP contribution is -2.37. The number of hydrogen-bond donors (Lipinski definition) is 2. The van der Waals surface area contributed by atoms with Crippen molar-refractivity contribution in [2.24, 2.45) is 0 Å². The van der Waals surface area contributed by atoms with Gasteiger partial charge in [-0.15, -0.1) is 0 Å². The molecule has 0 unspecified atom stereocenters. The van der Waals surface area contributed by atoms with Gasteiger partial charge in [0.2, 0.25) is 12.0 Å². The number of rotatable bonds is 9. The van der Waals surface area contributed by atoms with E-state index in [1.165, 1.54) is 18.7 Å². The lowest BCUT2D eigenvalue weighted by Gasteiger charge is -2.18. The highest BCUT2D eigenvalue weighted by atomic mass is 35.5. The number of nitrogens with zero attached hydrogens (tertiary/aromatic N) is 6. The van der Waals surface area contributed by atoms with Crippen molar-refractivity contribution in [3.8, 4) is 11.6 Å². The molecule has 0 aliphatic rings. The number of aryl methyl sites for hydroxylation is 1. The Morgan fingerprint density at radius 3 is 2.86 bits per heavy atom. The number of amides is 1. The lowest BCUT2D eigenvalue weighted by molar-refractivity contribution is -0.125. The van der Waals surface area contributed by atoms with Gasteiger partial charge in [-0.05, 0) is 30.7 Å². The monoisotopic (exact) mass is 493 g/mol. The molecule has 1 aromatic carbocycles. The Balaban J connectivity index is 1.64. The van der Waals surface area contributed by atoms with Crippen LogP contribution in [0, 0.1) is 13.5 Å². The molecule has 35 heavy (non-hydrogen) atoms. The number of benzene rings is 1. The summed E-state index contributed by atoms with van der Waals surface area (Å²) in [4.78, 5) is 29.0. The zero-order valence-electron chi connectivity index (χ0n) is 18.6. The van der Waals surface area contributed by atoms with Gasteiger partial charge in [0.15, 0.2) is 11.3 Å². The standard InChI is InChI=1S/C23H20ClN7O4/c1-14-3-5-16(25-2)9-18(14)31-21-17(11-29-31)23(28-13-27-21)35-19(12-34-8-7-32)22(33)30-20-6-4-15(24)10-26-20/h3-6,9-11,13,19,32H,7-8,12H2,1H3,(H,26,30,33)/t19-/m0/s1. The van der Waals surface area contributed by atoms with Crippen molar-refractivity contribution in [3.05, 3.63) is 71.1 Å². The van der Waals surface area contributed by atoms with E-state index in [0.29, 0.717) is 27.4 Å². The molecule has 0 saturated carbocycles. The molecule has 1 atom stereocenters. The molecule has 0 aliphatic heterocycles. The van der Waals surface area contributed by atoms with Crippen LogP contribution in [-0.2, 0) is 9.53 Å². The summed E-state index contributed by atoms with van der Waals surface area (Å²) >= 11 is 5.85. The largest absolute Gasteiger partial charge is 0.461 e. The topological polar surface area (TPSA) is 129 Å². The second-order valence-corrected chi connectivity index (χ2v) is 7.75. The van der Waals surface area contributed by atoms with Crippen LogP contribution in [0.3, 0.4) is 0 Å². The molecule has 0 saturated heterocycles. The van der Waals surface area contributed by atoms with Crippen LogP contribution in [0.5, 0.6) is 5.88 Å². The van der Waals surface area contributed by atoms with Gasteiger partial charge < -0.3 is 19.9 Å². The fraction of sp³-hybridized carbons (Fsp3) is 0.217. The third kappa shape index (κ3) is 5.52. The Bertz CT molecular complexity index is 1390. The van der Waals surface area contributed by atoms with E-state index in [0.717, 1.165) is 5.56 Å². The van der Waals surface area contributed by atoms with E-state index < -0.39 is 12.0 Å².